The van der Waals surface area contributed by atoms with Crippen molar-refractivity contribution >= 4 is 30.0 Å². The fraction of sp³-hybridized carbons (Fsp3) is 0.208. The van der Waals surface area contributed by atoms with Gasteiger partial charge in [0.2, 0.25) is 0 Å². The summed E-state index contributed by atoms with van der Waals surface area (Å²) < 4.78 is 19.6. The van der Waals surface area contributed by atoms with Gasteiger partial charge in [0.1, 0.15) is 18.2 Å². The Balaban J connectivity index is 2.52. The van der Waals surface area contributed by atoms with Crippen LogP contribution in [0.1, 0.15) is 12.5 Å². The Bertz CT molecular complexity index is 950. The van der Waals surface area contributed by atoms with E-state index in [1.54, 1.807) is 12.2 Å². The Kier molecular flexibility index (Phi) is 9.34. The number of rotatable bonds is 7. The van der Waals surface area contributed by atoms with Crippen molar-refractivity contribution in [3.8, 4) is 5.75 Å². The van der Waals surface area contributed by atoms with Crippen molar-refractivity contribution in [1.29, 1.82) is 0 Å². The summed E-state index contributed by atoms with van der Waals surface area (Å²) in [7, 11) is 3.98. The van der Waals surface area contributed by atoms with E-state index in [0.29, 0.717) is 23.7 Å². The smallest absolute Gasteiger partial charge is 0.159 e. The Hall–Kier alpha value is -3.38. The van der Waals surface area contributed by atoms with E-state index in [1.165, 1.54) is 18.5 Å². The van der Waals surface area contributed by atoms with E-state index >= 15 is 0 Å². The molecule has 0 aliphatic carbocycles. The third kappa shape index (κ3) is 7.56. The summed E-state index contributed by atoms with van der Waals surface area (Å²) in [5, 5.41) is 0. The molecule has 0 atom stereocenters. The van der Waals surface area contributed by atoms with Gasteiger partial charge in [-0.3, -0.25) is 4.99 Å². The first-order valence-electron chi connectivity index (χ1n) is 9.59. The van der Waals surface area contributed by atoms with Crippen LogP contribution in [0.2, 0.25) is 0 Å². The monoisotopic (exact) mass is 406 g/mol. The van der Waals surface area contributed by atoms with Gasteiger partial charge in [0.15, 0.2) is 5.84 Å². The minimum atomic E-state index is -0.512. The Morgan fingerprint density at radius 2 is 2.13 bits per heavy atom. The highest BCUT2D eigenvalue weighted by Crippen LogP contribution is 2.27. The molecule has 5 nitrogen and oxygen atoms in total. The molecule has 0 saturated carbocycles. The molecule has 1 aromatic carbocycles. The maximum Gasteiger partial charge on any atom is 0.159 e. The lowest BCUT2D eigenvalue weighted by molar-refractivity contribution is 0.261. The van der Waals surface area contributed by atoms with Crippen LogP contribution in [0.5, 0.6) is 5.75 Å². The summed E-state index contributed by atoms with van der Waals surface area (Å²) >= 11 is 0. The third-order valence-corrected chi connectivity index (χ3v) is 3.95. The van der Waals surface area contributed by atoms with Crippen molar-refractivity contribution in [2.45, 2.75) is 6.92 Å². The average molecular weight is 407 g/mol. The molecule has 0 radical (unpaired) electrons. The second-order valence-electron chi connectivity index (χ2n) is 6.58. The highest BCUT2D eigenvalue weighted by molar-refractivity contribution is 6.07. The topological polar surface area (TPSA) is 49.5 Å². The first kappa shape index (κ1) is 22.9. The summed E-state index contributed by atoms with van der Waals surface area (Å²) in [5.74, 6) is 0.624. The van der Waals surface area contributed by atoms with Gasteiger partial charge in [-0.05, 0) is 51.4 Å². The zero-order valence-corrected chi connectivity index (χ0v) is 17.6. The van der Waals surface area contributed by atoms with Gasteiger partial charge in [0.05, 0.1) is 11.9 Å². The number of ether oxygens (including phenoxy) is 1. The summed E-state index contributed by atoms with van der Waals surface area (Å²) in [4.78, 5) is 15.0. The SMILES string of the molecule is C=C/C(=C\C=C/C)C1=Nc2ccc(OCCN(C)C)cc2/C=C/N=C/C(F)=C\C=N1. The Morgan fingerprint density at radius 3 is 2.87 bits per heavy atom. The Morgan fingerprint density at radius 1 is 1.30 bits per heavy atom. The molecule has 1 heterocycles. The van der Waals surface area contributed by atoms with E-state index < -0.39 is 5.83 Å². The van der Waals surface area contributed by atoms with Crippen molar-refractivity contribution in [2.24, 2.45) is 15.0 Å². The molecule has 6 heteroatoms. The van der Waals surface area contributed by atoms with Gasteiger partial charge in [-0.15, -0.1) is 0 Å². The number of aliphatic imine (C=N–C) groups is 3. The zero-order valence-electron chi connectivity index (χ0n) is 17.6. The zero-order chi connectivity index (χ0) is 21.8. The third-order valence-electron chi connectivity index (χ3n) is 3.95. The molecule has 0 bridgehead atoms. The normalized spacial score (nSPS) is 18.6. The van der Waals surface area contributed by atoms with Gasteiger partial charge in [-0.25, -0.2) is 14.4 Å². The lowest BCUT2D eigenvalue weighted by atomic mass is 10.1. The van der Waals surface area contributed by atoms with E-state index in [4.69, 9.17) is 9.73 Å². The fourth-order valence-electron chi connectivity index (χ4n) is 2.38. The van der Waals surface area contributed by atoms with Crippen LogP contribution in [0, 0.1) is 0 Å². The molecule has 0 amide bonds. The average Bonchev–Trinajstić information content (AvgIpc) is 2.71. The lowest BCUT2D eigenvalue weighted by Crippen LogP contribution is -2.19. The minimum absolute atomic E-state index is 0.417. The van der Waals surface area contributed by atoms with Gasteiger partial charge < -0.3 is 9.64 Å². The van der Waals surface area contributed by atoms with E-state index in [0.717, 1.165) is 24.1 Å². The molecule has 0 spiro atoms. The second-order valence-corrected chi connectivity index (χ2v) is 6.58. The maximum absolute atomic E-state index is 13.8. The number of hydrogen-bond acceptors (Lipinski definition) is 5. The molecule has 30 heavy (non-hydrogen) atoms. The van der Waals surface area contributed by atoms with Crippen molar-refractivity contribution < 1.29 is 9.13 Å². The van der Waals surface area contributed by atoms with Crippen LogP contribution in [-0.2, 0) is 0 Å². The summed E-state index contributed by atoms with van der Waals surface area (Å²) in [6.45, 7) is 7.13. The van der Waals surface area contributed by atoms with Gasteiger partial charge in [0.25, 0.3) is 0 Å². The molecule has 1 aliphatic heterocycles. The summed E-state index contributed by atoms with van der Waals surface area (Å²) in [6.07, 6.45) is 14.3. The van der Waals surface area contributed by atoms with Crippen molar-refractivity contribution in [3.05, 3.63) is 78.3 Å². The molecule has 0 unspecified atom stereocenters. The van der Waals surface area contributed by atoms with Crippen molar-refractivity contribution in [1.82, 2.24) is 4.90 Å². The quantitative estimate of drug-likeness (QED) is 0.575. The van der Waals surface area contributed by atoms with Crippen molar-refractivity contribution in [2.75, 3.05) is 27.2 Å². The number of amidine groups is 1. The number of nitrogens with zero attached hydrogens (tertiary/aromatic N) is 4. The molecular formula is C24H27FN4O. The summed E-state index contributed by atoms with van der Waals surface area (Å²) in [6, 6.07) is 5.61. The van der Waals surface area contributed by atoms with E-state index in [-0.39, 0.29) is 0 Å². The molecule has 0 fully saturated rings. The van der Waals surface area contributed by atoms with Gasteiger partial charge in [-0.2, -0.15) is 0 Å². The second kappa shape index (κ2) is 12.2. The molecule has 0 saturated heterocycles. The highest BCUT2D eigenvalue weighted by atomic mass is 19.1. The highest BCUT2D eigenvalue weighted by Gasteiger charge is 2.07. The number of hydrogen-bond donors (Lipinski definition) is 0. The number of allylic oxidation sites excluding steroid dienone is 5. The van der Waals surface area contributed by atoms with E-state index in [1.807, 2.05) is 62.3 Å². The largest absolute Gasteiger partial charge is 0.492 e. The van der Waals surface area contributed by atoms with Crippen LogP contribution in [0.25, 0.3) is 6.08 Å². The van der Waals surface area contributed by atoms with Crippen LogP contribution in [0.3, 0.4) is 0 Å². The minimum Gasteiger partial charge on any atom is -0.492 e. The van der Waals surface area contributed by atoms with Crippen LogP contribution in [0.15, 0.2) is 87.7 Å². The van der Waals surface area contributed by atoms with Crippen LogP contribution >= 0.6 is 0 Å². The molecule has 0 N–H and O–H groups in total. The molecule has 1 aromatic rings. The Labute approximate surface area is 177 Å². The maximum atomic E-state index is 13.8. The van der Waals surface area contributed by atoms with Crippen molar-refractivity contribution in [3.63, 3.8) is 0 Å². The molecule has 1 aliphatic rings. The van der Waals surface area contributed by atoms with E-state index in [2.05, 4.69) is 16.6 Å². The first-order chi connectivity index (χ1) is 14.5. The number of halogens is 1. The van der Waals surface area contributed by atoms with E-state index in [9.17, 15) is 4.39 Å². The van der Waals surface area contributed by atoms with Gasteiger partial charge >= 0.3 is 0 Å². The molecule has 2 rings (SSSR count). The number of likely N-dealkylation sites (N-methyl/N-ethyl adjacent to an activating group) is 1. The fourth-order valence-corrected chi connectivity index (χ4v) is 2.38. The van der Waals surface area contributed by atoms with Crippen LogP contribution in [0.4, 0.5) is 10.1 Å². The number of benzene rings is 1. The summed E-state index contributed by atoms with van der Waals surface area (Å²) in [5.41, 5.74) is 2.18. The predicted molar refractivity (Wildman–Crippen MR) is 126 cm³/mol. The predicted octanol–water partition coefficient (Wildman–Crippen LogP) is 5.32. The molecular weight excluding hydrogens is 379 g/mol. The standard InChI is InChI=1S/C24H27FN4O/c1-5-7-8-19(6-2)24-27-14-12-21(25)18-26-13-11-20-17-22(9-10-23(20)28-24)30-16-15-29(3)4/h5-14,17-18H,2,15-16H2,1,3-4H3/b7-5-,13-11+,14-12?,19-8+,20-11?,21-12+,21-18?,26-13?,26-18+,27-14?,27-24?,28-23?,28-24?. The van der Waals surface area contributed by atoms with Gasteiger partial charge in [-0.1, -0.05) is 30.9 Å². The lowest BCUT2D eigenvalue weighted by Gasteiger charge is -2.12. The number of fused-ring (bicyclic) bond motifs is 1. The van der Waals surface area contributed by atoms with Crippen LogP contribution < -0.4 is 4.74 Å². The first-order valence-corrected chi connectivity index (χ1v) is 9.59. The molecule has 0 aromatic heterocycles. The van der Waals surface area contributed by atoms with Gasteiger partial charge in [0, 0.05) is 30.1 Å². The molecule has 156 valence electrons. The van der Waals surface area contributed by atoms with Crippen LogP contribution in [-0.4, -0.2) is 50.4 Å².